The van der Waals surface area contributed by atoms with Crippen molar-refractivity contribution in [2.24, 2.45) is 0 Å². The molecule has 0 aliphatic carbocycles. The first kappa shape index (κ1) is 20.4. The SMILES string of the molecule is COc1cc(NC(=O)Cc2csc(Nc3cccc(C)n3)n2)cc(OC)c1OC. The number of aromatic nitrogens is 2. The van der Waals surface area contributed by atoms with Gasteiger partial charge in [-0.25, -0.2) is 9.97 Å². The third-order valence-electron chi connectivity index (χ3n) is 3.97. The molecule has 0 saturated carbocycles. The van der Waals surface area contributed by atoms with E-state index in [2.05, 4.69) is 20.6 Å². The summed E-state index contributed by atoms with van der Waals surface area (Å²) in [7, 11) is 4.57. The van der Waals surface area contributed by atoms with E-state index in [0.29, 0.717) is 39.6 Å². The van der Waals surface area contributed by atoms with Gasteiger partial charge in [0.15, 0.2) is 16.6 Å². The van der Waals surface area contributed by atoms with Gasteiger partial charge >= 0.3 is 0 Å². The molecule has 0 unspecified atom stereocenters. The second-order valence-electron chi connectivity index (χ2n) is 6.07. The largest absolute Gasteiger partial charge is 0.493 e. The number of carbonyl (C=O) groups is 1. The van der Waals surface area contributed by atoms with Crippen molar-refractivity contribution in [3.63, 3.8) is 0 Å². The molecule has 0 bridgehead atoms. The summed E-state index contributed by atoms with van der Waals surface area (Å²) >= 11 is 1.42. The molecule has 29 heavy (non-hydrogen) atoms. The Labute approximate surface area is 172 Å². The number of amides is 1. The fraction of sp³-hybridized carbons (Fsp3) is 0.250. The molecule has 0 atom stereocenters. The molecule has 0 fully saturated rings. The normalized spacial score (nSPS) is 10.3. The number of pyridine rings is 1. The summed E-state index contributed by atoms with van der Waals surface area (Å²) in [5.74, 6) is 1.91. The Bertz CT molecular complexity index is 981. The van der Waals surface area contributed by atoms with E-state index in [9.17, 15) is 4.79 Å². The molecule has 2 aromatic heterocycles. The van der Waals surface area contributed by atoms with Crippen molar-refractivity contribution >= 4 is 33.9 Å². The van der Waals surface area contributed by atoms with Gasteiger partial charge in [-0.15, -0.1) is 11.3 Å². The van der Waals surface area contributed by atoms with Gasteiger partial charge in [0, 0.05) is 28.9 Å². The summed E-state index contributed by atoms with van der Waals surface area (Å²) in [5.41, 5.74) is 2.12. The minimum atomic E-state index is -0.204. The Balaban J connectivity index is 1.66. The maximum Gasteiger partial charge on any atom is 0.230 e. The molecule has 152 valence electrons. The molecule has 3 rings (SSSR count). The van der Waals surface area contributed by atoms with E-state index in [-0.39, 0.29) is 12.3 Å². The fourth-order valence-corrected chi connectivity index (χ4v) is 3.41. The van der Waals surface area contributed by atoms with Crippen LogP contribution in [0.25, 0.3) is 0 Å². The highest BCUT2D eigenvalue weighted by Crippen LogP contribution is 2.39. The quantitative estimate of drug-likeness (QED) is 0.579. The van der Waals surface area contributed by atoms with Gasteiger partial charge in [-0.05, 0) is 19.1 Å². The predicted molar refractivity (Wildman–Crippen MR) is 113 cm³/mol. The van der Waals surface area contributed by atoms with Crippen molar-refractivity contribution in [3.05, 3.63) is 47.1 Å². The van der Waals surface area contributed by atoms with Crippen molar-refractivity contribution < 1.29 is 19.0 Å². The van der Waals surface area contributed by atoms with Crippen molar-refractivity contribution in [1.29, 1.82) is 0 Å². The molecule has 0 spiro atoms. The third-order valence-corrected chi connectivity index (χ3v) is 4.77. The second-order valence-corrected chi connectivity index (χ2v) is 6.93. The van der Waals surface area contributed by atoms with Crippen LogP contribution in [0.4, 0.5) is 16.6 Å². The minimum absolute atomic E-state index is 0.135. The lowest BCUT2D eigenvalue weighted by Gasteiger charge is -2.14. The molecule has 0 aliphatic heterocycles. The molecular formula is C20H22N4O4S. The molecule has 0 radical (unpaired) electrons. The summed E-state index contributed by atoms with van der Waals surface area (Å²) < 4.78 is 15.9. The van der Waals surface area contributed by atoms with E-state index in [1.165, 1.54) is 32.7 Å². The number of hydrogen-bond acceptors (Lipinski definition) is 8. The number of ether oxygens (including phenoxy) is 3. The van der Waals surface area contributed by atoms with Gasteiger partial charge < -0.3 is 24.8 Å². The number of carbonyl (C=O) groups excluding carboxylic acids is 1. The molecular weight excluding hydrogens is 392 g/mol. The van der Waals surface area contributed by atoms with Gasteiger partial charge in [0.25, 0.3) is 0 Å². The van der Waals surface area contributed by atoms with Crippen molar-refractivity contribution in [1.82, 2.24) is 9.97 Å². The van der Waals surface area contributed by atoms with E-state index in [1.54, 1.807) is 12.1 Å². The monoisotopic (exact) mass is 414 g/mol. The van der Waals surface area contributed by atoms with Crippen molar-refractivity contribution in [3.8, 4) is 17.2 Å². The van der Waals surface area contributed by atoms with Crippen LogP contribution >= 0.6 is 11.3 Å². The van der Waals surface area contributed by atoms with E-state index in [1.807, 2.05) is 30.5 Å². The number of rotatable bonds is 8. The number of methoxy groups -OCH3 is 3. The Morgan fingerprint density at radius 1 is 1.07 bits per heavy atom. The lowest BCUT2D eigenvalue weighted by Crippen LogP contribution is -2.15. The number of hydrogen-bond donors (Lipinski definition) is 2. The topological polar surface area (TPSA) is 94.6 Å². The zero-order valence-electron chi connectivity index (χ0n) is 16.6. The first-order valence-corrected chi connectivity index (χ1v) is 9.65. The van der Waals surface area contributed by atoms with Crippen LogP contribution in [0, 0.1) is 6.92 Å². The van der Waals surface area contributed by atoms with Crippen LogP contribution < -0.4 is 24.8 Å². The van der Waals surface area contributed by atoms with Gasteiger partial charge in [0.1, 0.15) is 5.82 Å². The number of thiazole rings is 1. The second kappa shape index (κ2) is 9.24. The molecule has 0 saturated heterocycles. The lowest BCUT2D eigenvalue weighted by molar-refractivity contribution is -0.115. The molecule has 9 heteroatoms. The number of nitrogens with one attached hydrogen (secondary N) is 2. The van der Waals surface area contributed by atoms with Gasteiger partial charge in [-0.2, -0.15) is 0 Å². The highest BCUT2D eigenvalue weighted by Gasteiger charge is 2.15. The average molecular weight is 414 g/mol. The first-order valence-electron chi connectivity index (χ1n) is 8.77. The number of benzene rings is 1. The van der Waals surface area contributed by atoms with Gasteiger partial charge in [0.2, 0.25) is 11.7 Å². The summed E-state index contributed by atoms with van der Waals surface area (Å²) in [6.45, 7) is 1.92. The lowest BCUT2D eigenvalue weighted by atomic mass is 10.2. The zero-order valence-corrected chi connectivity index (χ0v) is 17.4. The van der Waals surface area contributed by atoms with E-state index in [4.69, 9.17) is 14.2 Å². The van der Waals surface area contributed by atoms with Crippen LogP contribution in [0.2, 0.25) is 0 Å². The Kier molecular flexibility index (Phi) is 6.50. The van der Waals surface area contributed by atoms with Gasteiger partial charge in [-0.3, -0.25) is 4.79 Å². The molecule has 3 aromatic rings. The van der Waals surface area contributed by atoms with Crippen LogP contribution in [-0.2, 0) is 11.2 Å². The molecule has 2 N–H and O–H groups in total. The summed E-state index contributed by atoms with van der Waals surface area (Å²) in [4.78, 5) is 21.3. The number of nitrogens with zero attached hydrogens (tertiary/aromatic N) is 2. The molecule has 1 amide bonds. The zero-order chi connectivity index (χ0) is 20.8. The summed E-state index contributed by atoms with van der Waals surface area (Å²) in [5, 5.41) is 8.50. The highest BCUT2D eigenvalue weighted by molar-refractivity contribution is 7.13. The molecule has 2 heterocycles. The third kappa shape index (κ3) is 5.14. The highest BCUT2D eigenvalue weighted by atomic mass is 32.1. The van der Waals surface area contributed by atoms with Gasteiger partial charge in [-0.1, -0.05) is 6.07 Å². The van der Waals surface area contributed by atoms with Gasteiger partial charge in [0.05, 0.1) is 33.4 Å². The van der Waals surface area contributed by atoms with E-state index >= 15 is 0 Å². The first-order chi connectivity index (χ1) is 14.0. The Morgan fingerprint density at radius 3 is 2.41 bits per heavy atom. The van der Waals surface area contributed by atoms with E-state index < -0.39 is 0 Å². The molecule has 0 aliphatic rings. The number of anilines is 3. The van der Waals surface area contributed by atoms with Crippen LogP contribution in [-0.4, -0.2) is 37.2 Å². The average Bonchev–Trinajstić information content (AvgIpc) is 3.13. The van der Waals surface area contributed by atoms with E-state index in [0.717, 1.165) is 5.69 Å². The standard InChI is InChI=1S/C20H22N4O4S/c1-12-6-5-7-17(21-12)24-20-23-14(11-29-20)10-18(25)22-13-8-15(26-2)19(28-4)16(9-13)27-3/h5-9,11H,10H2,1-4H3,(H,22,25)(H,21,23,24). The molecule has 1 aromatic carbocycles. The summed E-state index contributed by atoms with van der Waals surface area (Å²) in [6.07, 6.45) is 0.135. The predicted octanol–water partition coefficient (Wildman–Crippen LogP) is 3.80. The smallest absolute Gasteiger partial charge is 0.230 e. The summed E-state index contributed by atoms with van der Waals surface area (Å²) in [6, 6.07) is 9.06. The van der Waals surface area contributed by atoms with Crippen LogP contribution in [0.1, 0.15) is 11.4 Å². The Morgan fingerprint density at radius 2 is 1.79 bits per heavy atom. The van der Waals surface area contributed by atoms with Crippen LogP contribution in [0.15, 0.2) is 35.7 Å². The van der Waals surface area contributed by atoms with Crippen LogP contribution in [0.5, 0.6) is 17.2 Å². The van der Waals surface area contributed by atoms with Crippen LogP contribution in [0.3, 0.4) is 0 Å². The molecule has 8 nitrogen and oxygen atoms in total. The Hall–Kier alpha value is -3.33. The van der Waals surface area contributed by atoms with Crippen molar-refractivity contribution in [2.45, 2.75) is 13.3 Å². The maximum absolute atomic E-state index is 12.5. The maximum atomic E-state index is 12.5. The number of aryl methyl sites for hydroxylation is 1. The van der Waals surface area contributed by atoms with Crippen molar-refractivity contribution in [2.75, 3.05) is 32.0 Å². The fourth-order valence-electron chi connectivity index (χ4n) is 2.69. The minimum Gasteiger partial charge on any atom is -0.493 e.